The van der Waals surface area contributed by atoms with Gasteiger partial charge in [0.05, 0.1) is 5.69 Å². The maximum absolute atomic E-state index is 11.3. The Hall–Kier alpha value is -1.88. The Morgan fingerprint density at radius 2 is 2.26 bits per heavy atom. The fraction of sp³-hybridized carbons (Fsp3) is 0.308. The number of anilines is 1. The van der Waals surface area contributed by atoms with Crippen LogP contribution in [0.2, 0.25) is 0 Å². The van der Waals surface area contributed by atoms with E-state index < -0.39 is 0 Å². The molecule has 19 heavy (non-hydrogen) atoms. The van der Waals surface area contributed by atoms with Crippen molar-refractivity contribution in [1.29, 1.82) is 0 Å². The molecule has 1 aromatic heterocycles. The molecule has 0 radical (unpaired) electrons. The largest absolute Gasteiger partial charge is 0.325 e. The molecule has 2 aromatic rings. The normalized spacial score (nSPS) is 12.7. The Morgan fingerprint density at radius 1 is 1.42 bits per heavy atom. The monoisotopic (exact) mass is 276 g/mol. The second-order valence-corrected chi connectivity index (χ2v) is 4.79. The minimum atomic E-state index is -0.196. The van der Waals surface area contributed by atoms with Gasteiger partial charge in [-0.05, 0) is 37.1 Å². The molecule has 0 unspecified atom stereocenters. The first-order valence-corrected chi connectivity index (χ1v) is 6.62. The van der Waals surface area contributed by atoms with Gasteiger partial charge in [-0.2, -0.15) is 0 Å². The summed E-state index contributed by atoms with van der Waals surface area (Å²) in [6.45, 7) is 1.94. The zero-order chi connectivity index (χ0) is 13.4. The summed E-state index contributed by atoms with van der Waals surface area (Å²) >= 11 is 5.49. The van der Waals surface area contributed by atoms with Crippen molar-refractivity contribution in [1.82, 2.24) is 14.8 Å². The number of aryl methyl sites for hydroxylation is 3. The first-order valence-electron chi connectivity index (χ1n) is 6.09. The molecule has 2 heterocycles. The molecule has 0 saturated heterocycles. The summed E-state index contributed by atoms with van der Waals surface area (Å²) < 4.78 is 2.06. The molecule has 0 bridgehead atoms. The average molecular weight is 277 g/mol. The molecule has 98 valence electrons. The van der Waals surface area contributed by atoms with Crippen LogP contribution in [0.1, 0.15) is 17.2 Å². The minimum Gasteiger partial charge on any atom is -0.325 e. The number of nitrogens with zero attached hydrogens (tertiary/aromatic N) is 3. The summed E-state index contributed by atoms with van der Waals surface area (Å²) in [4.78, 5) is 11.3. The number of benzene rings is 1. The Kier molecular flexibility index (Phi) is 2.98. The fourth-order valence-electron chi connectivity index (χ4n) is 2.40. The number of aromatic nitrogens is 3. The predicted molar refractivity (Wildman–Crippen MR) is 72.9 cm³/mol. The Bertz CT molecular complexity index is 650. The number of hydrogen-bond acceptors (Lipinski definition) is 3. The SMILES string of the molecule is Cc1nnc2n1-c1ccc(NC(=O)CCl)cc1CC2. The molecule has 1 aliphatic heterocycles. The summed E-state index contributed by atoms with van der Waals surface area (Å²) in [6, 6.07) is 5.85. The van der Waals surface area contributed by atoms with Crippen molar-refractivity contribution in [3.8, 4) is 5.69 Å². The van der Waals surface area contributed by atoms with Crippen LogP contribution in [-0.4, -0.2) is 26.6 Å². The molecule has 1 amide bonds. The summed E-state index contributed by atoms with van der Waals surface area (Å²) in [5.74, 6) is 1.64. The molecule has 5 nitrogen and oxygen atoms in total. The van der Waals surface area contributed by atoms with Crippen molar-refractivity contribution in [2.75, 3.05) is 11.2 Å². The van der Waals surface area contributed by atoms with E-state index in [9.17, 15) is 4.79 Å². The number of halogens is 1. The maximum Gasteiger partial charge on any atom is 0.239 e. The van der Waals surface area contributed by atoms with E-state index in [2.05, 4.69) is 20.1 Å². The van der Waals surface area contributed by atoms with Gasteiger partial charge in [0.2, 0.25) is 5.91 Å². The van der Waals surface area contributed by atoms with E-state index in [-0.39, 0.29) is 11.8 Å². The number of carbonyl (C=O) groups is 1. The van der Waals surface area contributed by atoms with Crippen molar-refractivity contribution < 1.29 is 4.79 Å². The first kappa shape index (κ1) is 12.2. The van der Waals surface area contributed by atoms with Gasteiger partial charge < -0.3 is 5.32 Å². The number of hydrogen-bond donors (Lipinski definition) is 1. The number of rotatable bonds is 2. The third kappa shape index (κ3) is 2.10. The highest BCUT2D eigenvalue weighted by atomic mass is 35.5. The van der Waals surface area contributed by atoms with Gasteiger partial charge in [0.15, 0.2) is 0 Å². The van der Waals surface area contributed by atoms with Gasteiger partial charge in [-0.3, -0.25) is 9.36 Å². The lowest BCUT2D eigenvalue weighted by Crippen LogP contribution is -2.16. The lowest BCUT2D eigenvalue weighted by molar-refractivity contribution is -0.113. The second kappa shape index (κ2) is 4.66. The van der Waals surface area contributed by atoms with E-state index in [1.54, 1.807) is 0 Å². The third-order valence-electron chi connectivity index (χ3n) is 3.24. The van der Waals surface area contributed by atoms with E-state index in [1.807, 2.05) is 25.1 Å². The van der Waals surface area contributed by atoms with Crippen LogP contribution in [0.25, 0.3) is 5.69 Å². The van der Waals surface area contributed by atoms with Crippen molar-refractivity contribution in [2.24, 2.45) is 0 Å². The van der Waals surface area contributed by atoms with Crippen molar-refractivity contribution in [2.45, 2.75) is 19.8 Å². The van der Waals surface area contributed by atoms with Crippen LogP contribution < -0.4 is 5.32 Å². The van der Waals surface area contributed by atoms with Gasteiger partial charge in [0.25, 0.3) is 0 Å². The number of alkyl halides is 1. The molecule has 1 aliphatic rings. The summed E-state index contributed by atoms with van der Waals surface area (Å²) in [7, 11) is 0. The molecule has 0 aliphatic carbocycles. The molecule has 6 heteroatoms. The first-order chi connectivity index (χ1) is 9.19. The Balaban J connectivity index is 2.00. The fourth-order valence-corrected chi connectivity index (χ4v) is 2.47. The Labute approximate surface area is 115 Å². The highest BCUT2D eigenvalue weighted by Crippen LogP contribution is 2.27. The Morgan fingerprint density at radius 3 is 3.05 bits per heavy atom. The van der Waals surface area contributed by atoms with Crippen molar-refractivity contribution in [3.63, 3.8) is 0 Å². The molecular formula is C13H13ClN4O. The third-order valence-corrected chi connectivity index (χ3v) is 3.48. The van der Waals surface area contributed by atoms with Crippen molar-refractivity contribution >= 4 is 23.2 Å². The maximum atomic E-state index is 11.3. The molecule has 1 aromatic carbocycles. The summed E-state index contributed by atoms with van der Waals surface area (Å²) in [5, 5.41) is 11.0. The van der Waals surface area contributed by atoms with Gasteiger partial charge in [-0.1, -0.05) is 0 Å². The molecule has 0 saturated carbocycles. The molecule has 0 spiro atoms. The van der Waals surface area contributed by atoms with Gasteiger partial charge in [0.1, 0.15) is 17.5 Å². The van der Waals surface area contributed by atoms with Crippen LogP contribution in [0.15, 0.2) is 18.2 Å². The number of nitrogens with one attached hydrogen (secondary N) is 1. The average Bonchev–Trinajstić information content (AvgIpc) is 2.80. The van der Waals surface area contributed by atoms with Crippen LogP contribution in [0.5, 0.6) is 0 Å². The van der Waals surface area contributed by atoms with E-state index in [0.29, 0.717) is 0 Å². The van der Waals surface area contributed by atoms with Gasteiger partial charge >= 0.3 is 0 Å². The van der Waals surface area contributed by atoms with Crippen LogP contribution in [-0.2, 0) is 17.6 Å². The molecule has 0 atom stereocenters. The van der Waals surface area contributed by atoms with Gasteiger partial charge in [-0.25, -0.2) is 0 Å². The van der Waals surface area contributed by atoms with Crippen LogP contribution in [0, 0.1) is 6.92 Å². The number of fused-ring (bicyclic) bond motifs is 3. The predicted octanol–water partition coefficient (Wildman–Crippen LogP) is 1.85. The molecule has 0 fully saturated rings. The van der Waals surface area contributed by atoms with Crippen LogP contribution in [0.4, 0.5) is 5.69 Å². The lowest BCUT2D eigenvalue weighted by atomic mass is 10.0. The molecule has 1 N–H and O–H groups in total. The number of carbonyl (C=O) groups excluding carboxylic acids is 1. The standard InChI is InChI=1S/C13H13ClN4O/c1-8-16-17-12-5-2-9-6-10(15-13(19)7-14)3-4-11(9)18(8)12/h3-4,6H,2,5,7H2,1H3,(H,15,19). The van der Waals surface area contributed by atoms with E-state index in [0.717, 1.165) is 35.9 Å². The lowest BCUT2D eigenvalue weighted by Gasteiger charge is -2.19. The zero-order valence-electron chi connectivity index (χ0n) is 10.5. The van der Waals surface area contributed by atoms with Crippen LogP contribution in [0.3, 0.4) is 0 Å². The number of amides is 1. The van der Waals surface area contributed by atoms with E-state index in [4.69, 9.17) is 11.6 Å². The quantitative estimate of drug-likeness (QED) is 0.852. The van der Waals surface area contributed by atoms with Crippen LogP contribution >= 0.6 is 11.6 Å². The topological polar surface area (TPSA) is 59.8 Å². The summed E-state index contributed by atoms with van der Waals surface area (Å²) in [5.41, 5.74) is 3.05. The second-order valence-electron chi connectivity index (χ2n) is 4.52. The molecule has 3 rings (SSSR count). The van der Waals surface area contributed by atoms with Crippen molar-refractivity contribution in [3.05, 3.63) is 35.4 Å². The minimum absolute atomic E-state index is 0.0359. The van der Waals surface area contributed by atoms with E-state index in [1.165, 1.54) is 5.56 Å². The van der Waals surface area contributed by atoms with Gasteiger partial charge in [0, 0.05) is 12.1 Å². The van der Waals surface area contributed by atoms with E-state index >= 15 is 0 Å². The summed E-state index contributed by atoms with van der Waals surface area (Å²) in [6.07, 6.45) is 1.76. The highest BCUT2D eigenvalue weighted by Gasteiger charge is 2.19. The smallest absolute Gasteiger partial charge is 0.239 e. The van der Waals surface area contributed by atoms with Gasteiger partial charge in [-0.15, -0.1) is 21.8 Å². The molecular weight excluding hydrogens is 264 g/mol. The zero-order valence-corrected chi connectivity index (χ0v) is 11.2. The highest BCUT2D eigenvalue weighted by molar-refractivity contribution is 6.29.